The van der Waals surface area contributed by atoms with Gasteiger partial charge in [0.1, 0.15) is 12.1 Å². The van der Waals surface area contributed by atoms with E-state index in [4.69, 9.17) is 4.74 Å². The lowest BCUT2D eigenvalue weighted by molar-refractivity contribution is -0.151. The van der Waals surface area contributed by atoms with Crippen molar-refractivity contribution >= 4 is 11.8 Å². The molecule has 0 aromatic carbocycles. The molecule has 21 heavy (non-hydrogen) atoms. The molecule has 0 bridgehead atoms. The van der Waals surface area contributed by atoms with Crippen LogP contribution in [0.5, 0.6) is 0 Å². The van der Waals surface area contributed by atoms with E-state index in [9.17, 15) is 9.59 Å². The first kappa shape index (κ1) is 16.3. The highest BCUT2D eigenvalue weighted by Gasteiger charge is 2.41. The molecule has 1 aliphatic heterocycles. The van der Waals surface area contributed by atoms with Crippen molar-refractivity contribution in [3.8, 4) is 0 Å². The minimum Gasteiger partial charge on any atom is -0.377 e. The van der Waals surface area contributed by atoms with Gasteiger partial charge in [-0.05, 0) is 39.5 Å². The van der Waals surface area contributed by atoms with Crippen molar-refractivity contribution in [1.29, 1.82) is 0 Å². The van der Waals surface area contributed by atoms with Crippen LogP contribution in [0.1, 0.15) is 52.9 Å². The molecule has 1 heterocycles. The molecule has 0 radical (unpaired) electrons. The molecule has 2 atom stereocenters. The standard InChI is InChI=1S/C16H28N2O3/c1-11(2)21-10-9-18-12(3)15(19)17-14(16(18)20)13-7-5-4-6-8-13/h11-14H,4-10H2,1-3H3,(H,17,19). The number of hydrogen-bond donors (Lipinski definition) is 1. The third-order valence-corrected chi connectivity index (χ3v) is 4.60. The van der Waals surface area contributed by atoms with Crippen molar-refractivity contribution in [3.63, 3.8) is 0 Å². The van der Waals surface area contributed by atoms with E-state index in [0.29, 0.717) is 19.1 Å². The quantitative estimate of drug-likeness (QED) is 0.840. The second kappa shape index (κ2) is 7.25. The molecule has 2 rings (SSSR count). The van der Waals surface area contributed by atoms with Gasteiger partial charge in [0.05, 0.1) is 12.7 Å². The Balaban J connectivity index is 2.00. The van der Waals surface area contributed by atoms with Crippen LogP contribution in [0.2, 0.25) is 0 Å². The van der Waals surface area contributed by atoms with Gasteiger partial charge in [-0.2, -0.15) is 0 Å². The zero-order valence-electron chi connectivity index (χ0n) is 13.4. The highest BCUT2D eigenvalue weighted by Crippen LogP contribution is 2.29. The predicted molar refractivity (Wildman–Crippen MR) is 80.8 cm³/mol. The van der Waals surface area contributed by atoms with E-state index in [0.717, 1.165) is 25.7 Å². The molecule has 2 amide bonds. The SMILES string of the molecule is CC(C)OCCN1C(=O)C(C2CCCCC2)NC(=O)C1C. The van der Waals surface area contributed by atoms with Crippen LogP contribution in [-0.2, 0) is 14.3 Å². The average molecular weight is 296 g/mol. The Kier molecular flexibility index (Phi) is 5.62. The third kappa shape index (κ3) is 3.96. The zero-order chi connectivity index (χ0) is 15.4. The van der Waals surface area contributed by atoms with Crippen molar-refractivity contribution < 1.29 is 14.3 Å². The van der Waals surface area contributed by atoms with Gasteiger partial charge < -0.3 is 15.0 Å². The number of nitrogens with zero attached hydrogens (tertiary/aromatic N) is 1. The summed E-state index contributed by atoms with van der Waals surface area (Å²) in [7, 11) is 0. The van der Waals surface area contributed by atoms with Gasteiger partial charge in [0.2, 0.25) is 11.8 Å². The lowest BCUT2D eigenvalue weighted by Crippen LogP contribution is -2.65. The fourth-order valence-corrected chi connectivity index (χ4v) is 3.32. The zero-order valence-corrected chi connectivity index (χ0v) is 13.4. The summed E-state index contributed by atoms with van der Waals surface area (Å²) < 4.78 is 5.53. The topological polar surface area (TPSA) is 58.6 Å². The molecule has 2 aliphatic rings. The lowest BCUT2D eigenvalue weighted by Gasteiger charge is -2.41. The molecule has 5 heteroatoms. The Morgan fingerprint density at radius 1 is 1.24 bits per heavy atom. The summed E-state index contributed by atoms with van der Waals surface area (Å²) in [6, 6.07) is -0.721. The molecular formula is C16H28N2O3. The Hall–Kier alpha value is -1.10. The van der Waals surface area contributed by atoms with Crippen molar-refractivity contribution in [1.82, 2.24) is 10.2 Å². The number of carbonyl (C=O) groups excluding carboxylic acids is 2. The number of ether oxygens (including phenoxy) is 1. The number of piperazine rings is 1. The summed E-state index contributed by atoms with van der Waals surface area (Å²) in [6.45, 7) is 6.71. The van der Waals surface area contributed by atoms with Gasteiger partial charge in [-0.15, -0.1) is 0 Å². The molecule has 1 aliphatic carbocycles. The van der Waals surface area contributed by atoms with Crippen LogP contribution in [0.4, 0.5) is 0 Å². The van der Waals surface area contributed by atoms with Gasteiger partial charge in [0.15, 0.2) is 0 Å². The van der Waals surface area contributed by atoms with E-state index < -0.39 is 6.04 Å². The molecule has 0 aromatic heterocycles. The van der Waals surface area contributed by atoms with Crippen molar-refractivity contribution in [2.45, 2.75) is 71.1 Å². The van der Waals surface area contributed by atoms with Crippen LogP contribution in [0.15, 0.2) is 0 Å². The van der Waals surface area contributed by atoms with E-state index in [-0.39, 0.29) is 24.0 Å². The van der Waals surface area contributed by atoms with Crippen LogP contribution < -0.4 is 5.32 Å². The van der Waals surface area contributed by atoms with Gasteiger partial charge in [-0.3, -0.25) is 9.59 Å². The first-order chi connectivity index (χ1) is 10.0. The number of rotatable bonds is 5. The van der Waals surface area contributed by atoms with Crippen LogP contribution in [0.25, 0.3) is 0 Å². The maximum atomic E-state index is 12.7. The highest BCUT2D eigenvalue weighted by molar-refractivity contribution is 5.96. The van der Waals surface area contributed by atoms with Crippen LogP contribution in [-0.4, -0.2) is 48.1 Å². The summed E-state index contributed by atoms with van der Waals surface area (Å²) in [5.41, 5.74) is 0. The van der Waals surface area contributed by atoms with Gasteiger partial charge in [-0.1, -0.05) is 19.3 Å². The molecule has 5 nitrogen and oxygen atoms in total. The van der Waals surface area contributed by atoms with Gasteiger partial charge in [-0.25, -0.2) is 0 Å². The number of hydrogen-bond acceptors (Lipinski definition) is 3. The van der Waals surface area contributed by atoms with Crippen LogP contribution >= 0.6 is 0 Å². The van der Waals surface area contributed by atoms with Crippen LogP contribution in [0.3, 0.4) is 0 Å². The predicted octanol–water partition coefficient (Wildman–Crippen LogP) is 1.71. The third-order valence-electron chi connectivity index (χ3n) is 4.60. The van der Waals surface area contributed by atoms with Crippen LogP contribution in [0, 0.1) is 5.92 Å². The second-order valence-corrected chi connectivity index (χ2v) is 6.51. The summed E-state index contributed by atoms with van der Waals surface area (Å²) in [5.74, 6) is 0.340. The minimum atomic E-state index is -0.395. The number of carbonyl (C=O) groups is 2. The Bertz CT molecular complexity index is 378. The van der Waals surface area contributed by atoms with E-state index in [1.54, 1.807) is 11.8 Å². The molecule has 2 unspecified atom stereocenters. The molecule has 1 N–H and O–H groups in total. The summed E-state index contributed by atoms with van der Waals surface area (Å²) in [4.78, 5) is 26.6. The Morgan fingerprint density at radius 2 is 1.90 bits per heavy atom. The molecule has 0 spiro atoms. The van der Waals surface area contributed by atoms with E-state index >= 15 is 0 Å². The van der Waals surface area contributed by atoms with Crippen molar-refractivity contribution in [3.05, 3.63) is 0 Å². The first-order valence-electron chi connectivity index (χ1n) is 8.23. The average Bonchev–Trinajstić information content (AvgIpc) is 2.47. The normalized spacial score (nSPS) is 28.1. The maximum Gasteiger partial charge on any atom is 0.246 e. The van der Waals surface area contributed by atoms with E-state index in [2.05, 4.69) is 5.32 Å². The largest absolute Gasteiger partial charge is 0.377 e. The molecule has 1 saturated carbocycles. The second-order valence-electron chi connectivity index (χ2n) is 6.51. The van der Waals surface area contributed by atoms with Gasteiger partial charge in [0.25, 0.3) is 0 Å². The molecular weight excluding hydrogens is 268 g/mol. The number of amides is 2. The van der Waals surface area contributed by atoms with E-state index in [1.165, 1.54) is 6.42 Å². The fraction of sp³-hybridized carbons (Fsp3) is 0.875. The minimum absolute atomic E-state index is 0.0327. The van der Waals surface area contributed by atoms with Crippen molar-refractivity contribution in [2.24, 2.45) is 5.92 Å². The van der Waals surface area contributed by atoms with Gasteiger partial charge in [0, 0.05) is 6.54 Å². The smallest absolute Gasteiger partial charge is 0.246 e. The summed E-state index contributed by atoms with van der Waals surface area (Å²) in [5, 5.41) is 2.94. The van der Waals surface area contributed by atoms with Gasteiger partial charge >= 0.3 is 0 Å². The molecule has 2 fully saturated rings. The monoisotopic (exact) mass is 296 g/mol. The fourth-order valence-electron chi connectivity index (χ4n) is 3.32. The van der Waals surface area contributed by atoms with Crippen molar-refractivity contribution in [2.75, 3.05) is 13.2 Å². The Labute approximate surface area is 127 Å². The molecule has 0 aromatic rings. The lowest BCUT2D eigenvalue weighted by atomic mass is 9.82. The summed E-state index contributed by atoms with van der Waals surface area (Å²) in [6.07, 6.45) is 5.80. The van der Waals surface area contributed by atoms with E-state index in [1.807, 2.05) is 13.8 Å². The molecule has 120 valence electrons. The maximum absolute atomic E-state index is 12.7. The summed E-state index contributed by atoms with van der Waals surface area (Å²) >= 11 is 0. The molecule has 1 saturated heterocycles. The Morgan fingerprint density at radius 3 is 2.52 bits per heavy atom. The first-order valence-corrected chi connectivity index (χ1v) is 8.23. The number of nitrogens with one attached hydrogen (secondary N) is 1. The highest BCUT2D eigenvalue weighted by atomic mass is 16.5.